The lowest BCUT2D eigenvalue weighted by Gasteiger charge is -2.18. The van der Waals surface area contributed by atoms with E-state index in [4.69, 9.17) is 11.6 Å². The van der Waals surface area contributed by atoms with Gasteiger partial charge in [-0.25, -0.2) is 17.5 Å². The number of hydrogen-bond donors (Lipinski definition) is 1. The van der Waals surface area contributed by atoms with E-state index in [1.807, 2.05) is 6.07 Å². The van der Waals surface area contributed by atoms with Crippen LogP contribution in [0, 0.1) is 5.82 Å². The summed E-state index contributed by atoms with van der Waals surface area (Å²) in [6, 6.07) is 10.3. The topological polar surface area (TPSA) is 66.5 Å². The maximum absolute atomic E-state index is 14.0. The van der Waals surface area contributed by atoms with Gasteiger partial charge >= 0.3 is 0 Å². The number of carbonyl (C=O) groups is 1. The Morgan fingerprint density at radius 1 is 1.31 bits per heavy atom. The van der Waals surface area contributed by atoms with Crippen LogP contribution in [0.15, 0.2) is 60.0 Å². The van der Waals surface area contributed by atoms with Gasteiger partial charge < -0.3 is 4.90 Å². The molecule has 0 aromatic heterocycles. The smallest absolute Gasteiger partial charge is 0.253 e. The summed E-state index contributed by atoms with van der Waals surface area (Å²) in [5.74, 6) is -1.37. The summed E-state index contributed by atoms with van der Waals surface area (Å²) in [4.78, 5) is 13.4. The minimum atomic E-state index is -4.08. The van der Waals surface area contributed by atoms with E-state index in [2.05, 4.69) is 11.3 Å². The molecule has 0 fully saturated rings. The highest BCUT2D eigenvalue weighted by atomic mass is 35.5. The molecule has 2 rings (SSSR count). The van der Waals surface area contributed by atoms with Crippen LogP contribution in [0.25, 0.3) is 0 Å². The number of benzene rings is 2. The molecule has 0 atom stereocenters. The lowest BCUT2D eigenvalue weighted by molar-refractivity contribution is 0.0784. The molecule has 0 saturated carbocycles. The lowest BCUT2D eigenvalue weighted by atomic mass is 10.1. The van der Waals surface area contributed by atoms with E-state index in [1.165, 1.54) is 17.0 Å². The van der Waals surface area contributed by atoms with Crippen LogP contribution < -0.4 is 4.72 Å². The summed E-state index contributed by atoms with van der Waals surface area (Å²) >= 11 is 5.93. The van der Waals surface area contributed by atoms with Crippen LogP contribution in [0.1, 0.15) is 15.9 Å². The molecule has 0 saturated heterocycles. The van der Waals surface area contributed by atoms with Gasteiger partial charge in [0, 0.05) is 30.7 Å². The monoisotopic (exact) mass is 396 g/mol. The van der Waals surface area contributed by atoms with Crippen molar-refractivity contribution in [2.24, 2.45) is 0 Å². The molecular formula is C18H18ClFN2O3S. The van der Waals surface area contributed by atoms with Crippen molar-refractivity contribution >= 4 is 27.5 Å². The van der Waals surface area contributed by atoms with E-state index in [-0.39, 0.29) is 18.7 Å². The number of rotatable bonds is 7. The van der Waals surface area contributed by atoms with Gasteiger partial charge in [-0.3, -0.25) is 4.79 Å². The van der Waals surface area contributed by atoms with E-state index in [0.29, 0.717) is 5.02 Å². The summed E-state index contributed by atoms with van der Waals surface area (Å²) in [6.45, 7) is 3.63. The number of hydrogen-bond acceptors (Lipinski definition) is 3. The SMILES string of the molecule is C=CCNS(=O)(=O)c1cc(C(=O)N(C)Cc2cccc(Cl)c2)ccc1F. The summed E-state index contributed by atoms with van der Waals surface area (Å²) in [5.41, 5.74) is 0.880. The number of nitrogens with one attached hydrogen (secondary N) is 1. The Morgan fingerprint density at radius 2 is 2.04 bits per heavy atom. The molecule has 1 amide bonds. The highest BCUT2D eigenvalue weighted by Crippen LogP contribution is 2.19. The third-order valence-corrected chi connectivity index (χ3v) is 5.21. The summed E-state index contributed by atoms with van der Waals surface area (Å²) in [7, 11) is -2.52. The molecule has 8 heteroatoms. The number of amides is 1. The second kappa shape index (κ2) is 8.44. The van der Waals surface area contributed by atoms with Crippen LogP contribution in [-0.2, 0) is 16.6 Å². The van der Waals surface area contributed by atoms with Gasteiger partial charge in [0.25, 0.3) is 5.91 Å². The summed E-state index contributed by atoms with van der Waals surface area (Å²) < 4.78 is 40.4. The molecule has 0 aliphatic heterocycles. The summed E-state index contributed by atoms with van der Waals surface area (Å²) in [5, 5.41) is 0.548. The molecule has 0 unspecified atom stereocenters. The zero-order valence-electron chi connectivity index (χ0n) is 14.1. The Bertz CT molecular complexity index is 932. The molecule has 0 aliphatic rings. The maximum atomic E-state index is 14.0. The van der Waals surface area contributed by atoms with E-state index >= 15 is 0 Å². The third-order valence-electron chi connectivity index (χ3n) is 3.54. The van der Waals surface area contributed by atoms with Crippen LogP contribution in [-0.4, -0.2) is 32.8 Å². The predicted octanol–water partition coefficient (Wildman–Crippen LogP) is 3.22. The van der Waals surface area contributed by atoms with Crippen LogP contribution in [0.5, 0.6) is 0 Å². The Balaban J connectivity index is 2.26. The Hall–Kier alpha value is -2.22. The van der Waals surface area contributed by atoms with Gasteiger partial charge in [0.2, 0.25) is 10.0 Å². The first-order valence-corrected chi connectivity index (χ1v) is 9.50. The van der Waals surface area contributed by atoms with Crippen molar-refractivity contribution in [3.63, 3.8) is 0 Å². The first kappa shape index (κ1) is 20.1. The number of halogens is 2. The number of nitrogens with zero attached hydrogens (tertiary/aromatic N) is 1. The van der Waals surface area contributed by atoms with Crippen LogP contribution in [0.3, 0.4) is 0 Å². The van der Waals surface area contributed by atoms with Gasteiger partial charge in [-0.05, 0) is 35.9 Å². The molecule has 0 spiro atoms. The fraction of sp³-hybridized carbons (Fsp3) is 0.167. The molecule has 0 heterocycles. The van der Waals surface area contributed by atoms with Gasteiger partial charge in [-0.15, -0.1) is 6.58 Å². The highest BCUT2D eigenvalue weighted by molar-refractivity contribution is 7.89. The Labute approximate surface area is 157 Å². The van der Waals surface area contributed by atoms with Crippen molar-refractivity contribution < 1.29 is 17.6 Å². The van der Waals surface area contributed by atoms with Crippen molar-refractivity contribution in [2.75, 3.05) is 13.6 Å². The van der Waals surface area contributed by atoms with E-state index in [9.17, 15) is 17.6 Å². The predicted molar refractivity (Wildman–Crippen MR) is 99.0 cm³/mol. The molecule has 0 bridgehead atoms. The van der Waals surface area contributed by atoms with Gasteiger partial charge in [0.05, 0.1) is 0 Å². The van der Waals surface area contributed by atoms with Crippen LogP contribution in [0.2, 0.25) is 5.02 Å². The Morgan fingerprint density at radius 3 is 2.69 bits per heavy atom. The second-order valence-corrected chi connectivity index (χ2v) is 7.75. The highest BCUT2D eigenvalue weighted by Gasteiger charge is 2.22. The minimum absolute atomic E-state index is 0.0470. The first-order chi connectivity index (χ1) is 12.2. The molecule has 138 valence electrons. The van der Waals surface area contributed by atoms with Crippen molar-refractivity contribution in [3.05, 3.63) is 77.1 Å². The molecular weight excluding hydrogens is 379 g/mol. The Kier molecular flexibility index (Phi) is 6.52. The van der Waals surface area contributed by atoms with Crippen molar-refractivity contribution in [1.29, 1.82) is 0 Å². The fourth-order valence-electron chi connectivity index (χ4n) is 2.29. The maximum Gasteiger partial charge on any atom is 0.253 e. The fourth-order valence-corrected chi connectivity index (χ4v) is 3.60. The van der Waals surface area contributed by atoms with Crippen molar-refractivity contribution in [1.82, 2.24) is 9.62 Å². The average molecular weight is 397 g/mol. The van der Waals surface area contributed by atoms with E-state index < -0.39 is 26.6 Å². The molecule has 0 radical (unpaired) electrons. The molecule has 5 nitrogen and oxygen atoms in total. The van der Waals surface area contributed by atoms with Crippen molar-refractivity contribution in [2.45, 2.75) is 11.4 Å². The summed E-state index contributed by atoms with van der Waals surface area (Å²) in [6.07, 6.45) is 1.34. The number of sulfonamides is 1. The first-order valence-electron chi connectivity index (χ1n) is 7.64. The standard InChI is InChI=1S/C18H18ClFN2O3S/c1-3-9-21-26(24,25)17-11-14(7-8-16(17)20)18(23)22(2)12-13-5-4-6-15(19)10-13/h3-8,10-11,21H,1,9,12H2,2H3. The molecule has 2 aromatic rings. The van der Waals surface area contributed by atoms with Gasteiger partial charge in [-0.2, -0.15) is 0 Å². The van der Waals surface area contributed by atoms with E-state index in [0.717, 1.165) is 17.7 Å². The van der Waals surface area contributed by atoms with Crippen molar-refractivity contribution in [3.8, 4) is 0 Å². The third kappa shape index (κ3) is 4.91. The largest absolute Gasteiger partial charge is 0.337 e. The average Bonchev–Trinajstić information content (AvgIpc) is 2.59. The zero-order chi connectivity index (χ0) is 19.3. The lowest BCUT2D eigenvalue weighted by Crippen LogP contribution is -2.28. The van der Waals surface area contributed by atoms with E-state index in [1.54, 1.807) is 25.2 Å². The second-order valence-electron chi connectivity index (χ2n) is 5.58. The molecule has 2 aromatic carbocycles. The van der Waals surface area contributed by atoms with Gasteiger partial charge in [-0.1, -0.05) is 29.8 Å². The van der Waals surface area contributed by atoms with Gasteiger partial charge in [0.1, 0.15) is 10.7 Å². The van der Waals surface area contributed by atoms with Gasteiger partial charge in [0.15, 0.2) is 0 Å². The normalized spacial score (nSPS) is 11.2. The molecule has 26 heavy (non-hydrogen) atoms. The number of carbonyl (C=O) groups excluding carboxylic acids is 1. The zero-order valence-corrected chi connectivity index (χ0v) is 15.6. The van der Waals surface area contributed by atoms with Crippen LogP contribution in [0.4, 0.5) is 4.39 Å². The minimum Gasteiger partial charge on any atom is -0.337 e. The molecule has 0 aliphatic carbocycles. The quantitative estimate of drug-likeness (QED) is 0.731. The van der Waals surface area contributed by atoms with Crippen LogP contribution >= 0.6 is 11.6 Å². The molecule has 1 N–H and O–H groups in total.